The maximum Gasteiger partial charge on any atom is 0.573 e. The van der Waals surface area contributed by atoms with E-state index in [1.807, 2.05) is 6.92 Å². The zero-order valence-corrected chi connectivity index (χ0v) is 23.5. The van der Waals surface area contributed by atoms with Crippen molar-refractivity contribution in [1.29, 1.82) is 0 Å². The van der Waals surface area contributed by atoms with Gasteiger partial charge in [0, 0.05) is 19.1 Å². The first-order valence-corrected chi connectivity index (χ1v) is 14.7. The van der Waals surface area contributed by atoms with E-state index in [4.69, 9.17) is 4.74 Å². The number of fused-ring (bicyclic) bond motifs is 6. The zero-order chi connectivity index (χ0) is 28.5. The Morgan fingerprint density at radius 1 is 1.10 bits per heavy atom. The van der Waals surface area contributed by atoms with E-state index >= 15 is 0 Å². The van der Waals surface area contributed by atoms with Gasteiger partial charge in [-0.2, -0.15) is 0 Å². The average molecular weight is 564 g/mol. The van der Waals surface area contributed by atoms with Crippen molar-refractivity contribution in [2.24, 2.45) is 40.4 Å². The van der Waals surface area contributed by atoms with Crippen molar-refractivity contribution in [3.8, 4) is 5.75 Å². The Morgan fingerprint density at radius 3 is 2.65 bits per heavy atom. The van der Waals surface area contributed by atoms with Crippen molar-refractivity contribution in [3.63, 3.8) is 0 Å². The third-order valence-electron chi connectivity index (χ3n) is 11.5. The lowest BCUT2D eigenvalue weighted by Gasteiger charge is -2.62. The molecule has 0 spiro atoms. The van der Waals surface area contributed by atoms with Gasteiger partial charge in [0.15, 0.2) is 5.78 Å². The molecule has 1 heterocycles. The summed E-state index contributed by atoms with van der Waals surface area (Å²) in [6.07, 6.45) is 3.95. The van der Waals surface area contributed by atoms with Gasteiger partial charge in [0.25, 0.3) is 0 Å². The molecule has 0 radical (unpaired) electrons. The van der Waals surface area contributed by atoms with Crippen LogP contribution < -0.4 is 4.74 Å². The fraction of sp³-hybridized carbons (Fsp3) is 0.767. The highest BCUT2D eigenvalue weighted by Crippen LogP contribution is 2.68. The minimum Gasteiger partial charge on any atom is -0.406 e. The van der Waals surface area contributed by atoms with Crippen LogP contribution in [0.25, 0.3) is 11.0 Å². The predicted octanol–water partition coefficient (Wildman–Crippen LogP) is 5.94. The van der Waals surface area contributed by atoms with E-state index in [1.54, 1.807) is 7.11 Å². The summed E-state index contributed by atoms with van der Waals surface area (Å²) < 4.78 is 49.6. The molecular formula is C30H40F3N3O4. The highest BCUT2D eigenvalue weighted by Gasteiger charge is 2.63. The van der Waals surface area contributed by atoms with Crippen LogP contribution in [0.15, 0.2) is 18.2 Å². The minimum absolute atomic E-state index is 0.0161. The number of rotatable bonds is 6. The number of aliphatic hydroxyl groups is 1. The zero-order valence-electron chi connectivity index (χ0n) is 23.5. The quantitative estimate of drug-likeness (QED) is 0.469. The summed E-state index contributed by atoms with van der Waals surface area (Å²) in [5, 5.41) is 19.0. The minimum atomic E-state index is -4.80. The first-order valence-electron chi connectivity index (χ1n) is 14.7. The molecule has 0 bridgehead atoms. The second kappa shape index (κ2) is 9.68. The number of alkyl halides is 3. The van der Waals surface area contributed by atoms with Gasteiger partial charge in [-0.05, 0) is 111 Å². The fourth-order valence-corrected chi connectivity index (χ4v) is 9.83. The Kier molecular flexibility index (Phi) is 6.76. The van der Waals surface area contributed by atoms with Gasteiger partial charge in [0.1, 0.15) is 17.8 Å². The molecule has 4 aliphatic carbocycles. The number of hydrogen-bond donors (Lipinski definition) is 1. The van der Waals surface area contributed by atoms with Crippen molar-refractivity contribution in [3.05, 3.63) is 18.2 Å². The summed E-state index contributed by atoms with van der Waals surface area (Å²) in [6, 6.07) is 3.88. The molecular weight excluding hydrogens is 523 g/mol. The van der Waals surface area contributed by atoms with Crippen LogP contribution in [0, 0.1) is 40.4 Å². The third-order valence-corrected chi connectivity index (χ3v) is 11.5. The van der Waals surface area contributed by atoms with Gasteiger partial charge < -0.3 is 14.6 Å². The molecule has 1 aromatic carbocycles. The van der Waals surface area contributed by atoms with E-state index in [0.29, 0.717) is 34.7 Å². The van der Waals surface area contributed by atoms with Gasteiger partial charge in [-0.15, -0.1) is 18.3 Å². The maximum absolute atomic E-state index is 13.8. The van der Waals surface area contributed by atoms with Gasteiger partial charge in [-0.25, -0.2) is 4.68 Å². The van der Waals surface area contributed by atoms with E-state index in [1.165, 1.54) is 22.9 Å². The molecule has 40 heavy (non-hydrogen) atoms. The van der Waals surface area contributed by atoms with Gasteiger partial charge >= 0.3 is 6.36 Å². The Balaban J connectivity index is 1.21. The van der Waals surface area contributed by atoms with Crippen LogP contribution in [-0.4, -0.2) is 51.6 Å². The molecule has 2 aromatic rings. The van der Waals surface area contributed by atoms with Crippen LogP contribution in [0.2, 0.25) is 0 Å². The number of nitrogens with zero attached hydrogens (tertiary/aromatic N) is 3. The lowest BCUT2D eigenvalue weighted by molar-refractivity contribution is -0.274. The number of halogens is 3. The number of carbonyl (C=O) groups is 1. The monoisotopic (exact) mass is 563 g/mol. The standard InChI is InChI=1S/C30H40F3N3O4/c1-27(38)12-13-29(17-39-3)18(15-27)4-6-20-21-7-8-23(28(21,2)11-10-22(20)29)26(37)16-36-25-14-19(40-30(31,32)33)5-9-24(25)34-35-36/h5,9,14,18,20-23,38H,4,6-8,10-13,15-17H2,1-3H3. The van der Waals surface area contributed by atoms with Crippen LogP contribution in [0.1, 0.15) is 71.6 Å². The number of carbonyl (C=O) groups excluding carboxylic acids is 1. The van der Waals surface area contributed by atoms with Crippen LogP contribution in [0.5, 0.6) is 5.75 Å². The highest BCUT2D eigenvalue weighted by atomic mass is 19.4. The van der Waals surface area contributed by atoms with Gasteiger partial charge in [-0.1, -0.05) is 12.1 Å². The summed E-state index contributed by atoms with van der Waals surface area (Å²) in [5.74, 6) is 1.61. The third kappa shape index (κ3) is 4.63. The first kappa shape index (κ1) is 27.9. The lowest BCUT2D eigenvalue weighted by atomic mass is 9.43. The fourth-order valence-electron chi connectivity index (χ4n) is 9.83. The summed E-state index contributed by atoms with van der Waals surface area (Å²) in [7, 11) is 1.80. The first-order chi connectivity index (χ1) is 18.9. The molecule has 1 N–H and O–H groups in total. The summed E-state index contributed by atoms with van der Waals surface area (Å²) in [6.45, 7) is 4.99. The summed E-state index contributed by atoms with van der Waals surface area (Å²) >= 11 is 0. The average Bonchev–Trinajstić information content (AvgIpc) is 3.43. The highest BCUT2D eigenvalue weighted by molar-refractivity contribution is 5.84. The Morgan fingerprint density at radius 2 is 1.90 bits per heavy atom. The SMILES string of the molecule is COCC12CCC(C)(O)CC1CCC1C3CCC(C(=O)Cn4nnc5ccc(OC(F)(F)F)cc54)C3(C)CCC12. The topological polar surface area (TPSA) is 86.5 Å². The normalized spacial score (nSPS) is 39.4. The molecule has 10 heteroatoms. The second-order valence-corrected chi connectivity index (χ2v) is 13.6. The smallest absolute Gasteiger partial charge is 0.406 e. The number of methoxy groups -OCH3 is 1. The van der Waals surface area contributed by atoms with Crippen LogP contribution in [0.4, 0.5) is 13.2 Å². The largest absolute Gasteiger partial charge is 0.573 e. The number of hydrogen-bond acceptors (Lipinski definition) is 6. The Hall–Kier alpha value is -2.20. The molecule has 6 rings (SSSR count). The van der Waals surface area contributed by atoms with Crippen LogP contribution in [-0.2, 0) is 16.1 Å². The number of ether oxygens (including phenoxy) is 2. The predicted molar refractivity (Wildman–Crippen MR) is 141 cm³/mol. The molecule has 220 valence electrons. The van der Waals surface area contributed by atoms with Crippen molar-refractivity contribution < 1.29 is 32.5 Å². The molecule has 0 aliphatic heterocycles. The van der Waals surface area contributed by atoms with E-state index in [2.05, 4.69) is 22.0 Å². The summed E-state index contributed by atoms with van der Waals surface area (Å²) in [5.41, 5.74) is 0.157. The number of ketones is 1. The number of aromatic nitrogens is 3. The molecule has 1 aromatic heterocycles. The molecule has 7 nitrogen and oxygen atoms in total. The second-order valence-electron chi connectivity index (χ2n) is 13.6. The van der Waals surface area contributed by atoms with E-state index < -0.39 is 12.0 Å². The molecule has 4 aliphatic rings. The molecule has 4 fully saturated rings. The maximum atomic E-state index is 13.8. The van der Waals surface area contributed by atoms with Crippen molar-refractivity contribution in [2.75, 3.05) is 13.7 Å². The van der Waals surface area contributed by atoms with Gasteiger partial charge in [0.2, 0.25) is 0 Å². The van der Waals surface area contributed by atoms with Crippen molar-refractivity contribution in [1.82, 2.24) is 15.0 Å². The summed E-state index contributed by atoms with van der Waals surface area (Å²) in [4.78, 5) is 13.8. The van der Waals surface area contributed by atoms with Crippen LogP contribution >= 0.6 is 0 Å². The Labute approximate surface area is 232 Å². The molecule has 0 saturated heterocycles. The van der Waals surface area contributed by atoms with E-state index in [9.17, 15) is 23.1 Å². The van der Waals surface area contributed by atoms with Gasteiger partial charge in [-0.3, -0.25) is 4.79 Å². The van der Waals surface area contributed by atoms with E-state index in [0.717, 1.165) is 64.4 Å². The van der Waals surface area contributed by atoms with Crippen molar-refractivity contribution >= 4 is 16.8 Å². The Bertz CT molecular complexity index is 1280. The van der Waals surface area contributed by atoms with Crippen molar-refractivity contribution in [2.45, 2.75) is 90.1 Å². The number of benzene rings is 1. The molecule has 8 unspecified atom stereocenters. The molecule has 0 amide bonds. The molecule has 8 atom stereocenters. The van der Waals surface area contributed by atoms with E-state index in [-0.39, 0.29) is 34.8 Å². The lowest BCUT2D eigenvalue weighted by Crippen LogP contribution is -2.58. The number of Topliss-reactive ketones (excluding diaryl/α,β-unsaturated/α-hetero) is 1. The van der Waals surface area contributed by atoms with Crippen LogP contribution in [0.3, 0.4) is 0 Å². The molecule has 4 saturated carbocycles. The van der Waals surface area contributed by atoms with Gasteiger partial charge in [0.05, 0.1) is 17.7 Å².